The average molecular weight is 251 g/mol. The van der Waals surface area contributed by atoms with Gasteiger partial charge in [-0.3, -0.25) is 4.90 Å². The molecule has 17 heavy (non-hydrogen) atoms. The summed E-state index contributed by atoms with van der Waals surface area (Å²) in [6, 6.07) is 0.715. The first kappa shape index (κ1) is 11.6. The van der Waals surface area contributed by atoms with Crippen LogP contribution in [0.4, 0.5) is 0 Å². The van der Waals surface area contributed by atoms with E-state index in [9.17, 15) is 0 Å². The van der Waals surface area contributed by atoms with Crippen LogP contribution >= 0.6 is 11.3 Å². The van der Waals surface area contributed by atoms with E-state index in [0.717, 1.165) is 12.5 Å². The van der Waals surface area contributed by atoms with Gasteiger partial charge in [-0.1, -0.05) is 0 Å². The first-order chi connectivity index (χ1) is 8.40. The summed E-state index contributed by atoms with van der Waals surface area (Å²) in [6.07, 6.45) is 5.56. The van der Waals surface area contributed by atoms with Crippen LogP contribution < -0.4 is 5.32 Å². The van der Waals surface area contributed by atoms with Gasteiger partial charge in [-0.15, -0.1) is 11.3 Å². The lowest BCUT2D eigenvalue weighted by atomic mass is 10.2. The molecule has 4 heteroatoms. The van der Waals surface area contributed by atoms with Crippen LogP contribution in [0.15, 0.2) is 10.9 Å². The number of nitrogens with zero attached hydrogens (tertiary/aromatic N) is 2. The van der Waals surface area contributed by atoms with E-state index in [2.05, 4.69) is 20.6 Å². The molecule has 2 fully saturated rings. The molecule has 2 aliphatic rings. The molecule has 1 aromatic heterocycles. The number of nitrogens with one attached hydrogen (secondary N) is 1. The van der Waals surface area contributed by atoms with Gasteiger partial charge >= 0.3 is 0 Å². The Bertz CT molecular complexity index is 328. The highest BCUT2D eigenvalue weighted by atomic mass is 32.1. The summed E-state index contributed by atoms with van der Waals surface area (Å²) in [6.45, 7) is 4.72. The molecule has 0 bridgehead atoms. The SMILES string of the molecule is c1nc(CN(CC2CC2)CC2CCCN2)cs1. The van der Waals surface area contributed by atoms with Crippen LogP contribution in [0.25, 0.3) is 0 Å². The molecular weight excluding hydrogens is 230 g/mol. The topological polar surface area (TPSA) is 28.2 Å². The maximum Gasteiger partial charge on any atom is 0.0795 e. The van der Waals surface area contributed by atoms with Crippen LogP contribution in [0.3, 0.4) is 0 Å². The van der Waals surface area contributed by atoms with Gasteiger partial charge in [0.05, 0.1) is 11.2 Å². The van der Waals surface area contributed by atoms with E-state index >= 15 is 0 Å². The van der Waals surface area contributed by atoms with Crippen LogP contribution in [0, 0.1) is 5.92 Å². The van der Waals surface area contributed by atoms with Crippen molar-refractivity contribution in [3.05, 3.63) is 16.6 Å². The second-order valence-corrected chi connectivity index (χ2v) is 6.13. The molecule has 1 aromatic rings. The first-order valence-electron chi connectivity index (χ1n) is 6.73. The minimum atomic E-state index is 0.715. The van der Waals surface area contributed by atoms with Gasteiger partial charge in [0.15, 0.2) is 0 Å². The normalized spacial score (nSPS) is 24.6. The predicted molar refractivity (Wildman–Crippen MR) is 71.1 cm³/mol. The lowest BCUT2D eigenvalue weighted by molar-refractivity contribution is 0.230. The summed E-state index contributed by atoms with van der Waals surface area (Å²) in [4.78, 5) is 7.02. The van der Waals surface area contributed by atoms with Gasteiger partial charge in [-0.25, -0.2) is 4.98 Å². The summed E-state index contributed by atoms with van der Waals surface area (Å²) in [5, 5.41) is 5.78. The molecule has 1 atom stereocenters. The molecule has 94 valence electrons. The quantitative estimate of drug-likeness (QED) is 0.839. The summed E-state index contributed by atoms with van der Waals surface area (Å²) in [5.74, 6) is 0.968. The molecule has 3 rings (SSSR count). The average Bonchev–Trinajstić information content (AvgIpc) is 2.82. The molecule has 0 aromatic carbocycles. The summed E-state index contributed by atoms with van der Waals surface area (Å²) < 4.78 is 0. The van der Waals surface area contributed by atoms with Crippen molar-refractivity contribution in [2.45, 2.75) is 38.3 Å². The lowest BCUT2D eigenvalue weighted by Gasteiger charge is -2.24. The Labute approximate surface area is 107 Å². The molecule has 2 heterocycles. The van der Waals surface area contributed by atoms with Crippen molar-refractivity contribution in [3.8, 4) is 0 Å². The Kier molecular flexibility index (Phi) is 3.74. The number of thiazole rings is 1. The molecule has 3 nitrogen and oxygen atoms in total. The monoisotopic (exact) mass is 251 g/mol. The predicted octanol–water partition coefficient (Wildman–Crippen LogP) is 2.11. The van der Waals surface area contributed by atoms with Crippen molar-refractivity contribution in [1.29, 1.82) is 0 Å². The van der Waals surface area contributed by atoms with Crippen molar-refractivity contribution >= 4 is 11.3 Å². The molecule has 1 unspecified atom stereocenters. The van der Waals surface area contributed by atoms with Crippen molar-refractivity contribution in [2.24, 2.45) is 5.92 Å². The van der Waals surface area contributed by atoms with E-state index in [1.165, 1.54) is 51.0 Å². The van der Waals surface area contributed by atoms with Crippen LogP contribution in [0.2, 0.25) is 0 Å². The smallest absolute Gasteiger partial charge is 0.0795 e. The van der Waals surface area contributed by atoms with E-state index in [1.807, 2.05) is 5.51 Å². The number of hydrogen-bond acceptors (Lipinski definition) is 4. The third-order valence-corrected chi connectivity index (χ3v) is 4.36. The molecule has 0 radical (unpaired) electrons. The van der Waals surface area contributed by atoms with Crippen molar-refractivity contribution in [3.63, 3.8) is 0 Å². The van der Waals surface area contributed by atoms with Crippen molar-refractivity contribution in [1.82, 2.24) is 15.2 Å². The fourth-order valence-electron chi connectivity index (χ4n) is 2.64. The van der Waals surface area contributed by atoms with E-state index in [0.29, 0.717) is 6.04 Å². The Hall–Kier alpha value is -0.450. The van der Waals surface area contributed by atoms with Crippen LogP contribution in [0.1, 0.15) is 31.4 Å². The zero-order valence-electron chi connectivity index (χ0n) is 10.3. The highest BCUT2D eigenvalue weighted by molar-refractivity contribution is 7.07. The van der Waals surface area contributed by atoms with E-state index in [4.69, 9.17) is 0 Å². The Morgan fingerprint density at radius 1 is 1.35 bits per heavy atom. The Morgan fingerprint density at radius 2 is 2.29 bits per heavy atom. The summed E-state index contributed by atoms with van der Waals surface area (Å²) >= 11 is 1.71. The Morgan fingerprint density at radius 3 is 2.94 bits per heavy atom. The highest BCUT2D eigenvalue weighted by Gasteiger charge is 2.26. The van der Waals surface area contributed by atoms with Gasteiger partial charge in [0.25, 0.3) is 0 Å². The van der Waals surface area contributed by atoms with E-state index in [1.54, 1.807) is 11.3 Å². The summed E-state index contributed by atoms with van der Waals surface area (Å²) in [7, 11) is 0. The lowest BCUT2D eigenvalue weighted by Crippen LogP contribution is -2.38. The zero-order valence-corrected chi connectivity index (χ0v) is 11.1. The number of hydrogen-bond donors (Lipinski definition) is 1. The molecule has 1 saturated heterocycles. The van der Waals surface area contributed by atoms with Gasteiger partial charge in [-0.2, -0.15) is 0 Å². The third kappa shape index (κ3) is 3.50. The summed E-state index contributed by atoms with van der Waals surface area (Å²) in [5.41, 5.74) is 3.19. The maximum atomic E-state index is 4.41. The largest absolute Gasteiger partial charge is 0.313 e. The van der Waals surface area contributed by atoms with Crippen LogP contribution in [-0.2, 0) is 6.54 Å². The fourth-order valence-corrected chi connectivity index (χ4v) is 3.19. The molecule has 0 spiro atoms. The van der Waals surface area contributed by atoms with Crippen molar-refractivity contribution < 1.29 is 0 Å². The van der Waals surface area contributed by atoms with Crippen LogP contribution in [0.5, 0.6) is 0 Å². The number of rotatable bonds is 6. The second-order valence-electron chi connectivity index (χ2n) is 5.41. The molecule has 1 N–H and O–H groups in total. The van der Waals surface area contributed by atoms with Crippen molar-refractivity contribution in [2.75, 3.05) is 19.6 Å². The molecular formula is C13H21N3S. The minimum Gasteiger partial charge on any atom is -0.313 e. The van der Waals surface area contributed by atoms with Gasteiger partial charge in [-0.05, 0) is 38.1 Å². The Balaban J connectivity index is 1.55. The first-order valence-corrected chi connectivity index (χ1v) is 7.67. The molecule has 1 saturated carbocycles. The van der Waals surface area contributed by atoms with Gasteiger partial charge < -0.3 is 5.32 Å². The van der Waals surface area contributed by atoms with E-state index < -0.39 is 0 Å². The van der Waals surface area contributed by atoms with E-state index in [-0.39, 0.29) is 0 Å². The molecule has 1 aliphatic heterocycles. The standard InChI is InChI=1S/C13H21N3S/c1-2-12(14-5-1)7-16(6-11-3-4-11)8-13-9-17-10-15-13/h9-12,14H,1-8H2. The molecule has 1 aliphatic carbocycles. The third-order valence-electron chi connectivity index (χ3n) is 3.72. The highest BCUT2D eigenvalue weighted by Crippen LogP contribution is 2.30. The van der Waals surface area contributed by atoms with Gasteiger partial charge in [0.1, 0.15) is 0 Å². The number of aromatic nitrogens is 1. The van der Waals surface area contributed by atoms with Gasteiger partial charge in [0.2, 0.25) is 0 Å². The minimum absolute atomic E-state index is 0.715. The maximum absolute atomic E-state index is 4.41. The zero-order chi connectivity index (χ0) is 11.5. The molecule has 0 amide bonds. The van der Waals surface area contributed by atoms with Crippen LogP contribution in [-0.4, -0.2) is 35.6 Å². The second kappa shape index (κ2) is 5.46. The fraction of sp³-hybridized carbons (Fsp3) is 0.769. The van der Waals surface area contributed by atoms with Gasteiger partial charge in [0, 0.05) is 31.1 Å².